The molecule has 5 heteroatoms. The minimum Gasteiger partial charge on any atom is -0.548 e. The molecule has 0 heterocycles. The third-order valence-corrected chi connectivity index (χ3v) is 2.13. The van der Waals surface area contributed by atoms with Crippen LogP contribution in [0.25, 0.3) is 0 Å². The van der Waals surface area contributed by atoms with Crippen molar-refractivity contribution in [2.24, 2.45) is 0 Å². The Labute approximate surface area is 114 Å². The van der Waals surface area contributed by atoms with Crippen molar-refractivity contribution in [2.45, 2.75) is 6.54 Å². The zero-order valence-electron chi connectivity index (χ0n) is 10.4. The van der Waals surface area contributed by atoms with Gasteiger partial charge in [0.15, 0.2) is 0 Å². The van der Waals surface area contributed by atoms with Gasteiger partial charge < -0.3 is 14.6 Å². The molecule has 1 aromatic carbocycles. The fourth-order valence-electron chi connectivity index (χ4n) is 1.35. The Morgan fingerprint density at radius 3 is 2.59 bits per heavy atom. The van der Waals surface area contributed by atoms with Crippen LogP contribution < -0.4 is 24.0 Å². The van der Waals surface area contributed by atoms with E-state index in [1.807, 2.05) is 25.2 Å². The number of carbonyl (C=O) groups excluding carboxylic acids is 1. The molecule has 0 atom stereocenters. The van der Waals surface area contributed by atoms with E-state index < -0.39 is 5.97 Å². The van der Waals surface area contributed by atoms with Crippen molar-refractivity contribution in [3.8, 4) is 0 Å². The van der Waals surface area contributed by atoms with Crippen LogP contribution >= 0.6 is 0 Å². The number of ether oxygens (including phenoxy) is 1. The summed E-state index contributed by atoms with van der Waals surface area (Å²) in [6.45, 7) is 1.59. The average molecular weight is 229 g/mol. The molecule has 0 aromatic heterocycles. The number of benzene rings is 1. The Bertz CT molecular complexity index is 319. The summed E-state index contributed by atoms with van der Waals surface area (Å²) in [5.74, 6) is -1.18. The Morgan fingerprint density at radius 1 is 1.35 bits per heavy atom. The smallest absolute Gasteiger partial charge is 0.548 e. The van der Waals surface area contributed by atoms with E-state index in [-0.39, 0.29) is 25.5 Å². The topological polar surface area (TPSA) is 52.6 Å². The summed E-state index contributed by atoms with van der Waals surface area (Å²) in [6.07, 6.45) is 0. The number of aliphatic carboxylic acids is 1. The van der Waals surface area contributed by atoms with E-state index in [9.17, 15) is 9.90 Å². The van der Waals surface area contributed by atoms with Crippen LogP contribution in [0.5, 0.6) is 0 Å². The van der Waals surface area contributed by atoms with Gasteiger partial charge in [-0.05, 0) is 12.6 Å². The standard InChI is InChI=1S/C12H17NO3.Li/c1-13(7-8-16-10-12(14)15)9-11-5-3-2-4-6-11;/h2-6H,7-10H2,1H3,(H,14,15);/q;+1/p-1. The predicted molar refractivity (Wildman–Crippen MR) is 58.6 cm³/mol. The number of nitrogens with zero attached hydrogens (tertiary/aromatic N) is 1. The number of carboxylic acid groups (broad SMARTS) is 1. The molecule has 1 rings (SSSR count). The molecule has 0 amide bonds. The molecule has 0 saturated carbocycles. The van der Waals surface area contributed by atoms with Crippen molar-refractivity contribution in [3.63, 3.8) is 0 Å². The van der Waals surface area contributed by atoms with Gasteiger partial charge in [-0.25, -0.2) is 0 Å². The quantitative estimate of drug-likeness (QED) is 0.367. The van der Waals surface area contributed by atoms with Crippen LogP contribution in [-0.4, -0.2) is 37.7 Å². The molecule has 4 nitrogen and oxygen atoms in total. The molecule has 0 bridgehead atoms. The van der Waals surface area contributed by atoms with Crippen molar-refractivity contribution in [3.05, 3.63) is 35.9 Å². The largest absolute Gasteiger partial charge is 1.00 e. The zero-order valence-corrected chi connectivity index (χ0v) is 10.4. The van der Waals surface area contributed by atoms with Crippen LogP contribution in [0, 0.1) is 0 Å². The van der Waals surface area contributed by atoms with Gasteiger partial charge >= 0.3 is 18.9 Å². The van der Waals surface area contributed by atoms with Gasteiger partial charge in [0.05, 0.1) is 19.2 Å². The Morgan fingerprint density at radius 2 is 2.00 bits per heavy atom. The van der Waals surface area contributed by atoms with Gasteiger partial charge in [-0.2, -0.15) is 0 Å². The van der Waals surface area contributed by atoms with E-state index in [4.69, 9.17) is 4.74 Å². The molecule has 0 radical (unpaired) electrons. The molecule has 1 aromatic rings. The molecular formula is C12H16LiNO3. The second-order valence-corrected chi connectivity index (χ2v) is 3.65. The van der Waals surface area contributed by atoms with Crippen LogP contribution in [0.1, 0.15) is 5.56 Å². The van der Waals surface area contributed by atoms with Crippen molar-refractivity contribution >= 4 is 5.97 Å². The first-order chi connectivity index (χ1) is 7.68. The number of likely N-dealkylation sites (N-methyl/N-ethyl adjacent to an activating group) is 1. The van der Waals surface area contributed by atoms with E-state index >= 15 is 0 Å². The summed E-state index contributed by atoms with van der Waals surface area (Å²) in [6, 6.07) is 10.1. The molecule has 0 aliphatic heterocycles. The Balaban J connectivity index is 0.00000256. The van der Waals surface area contributed by atoms with Gasteiger partial charge in [-0.1, -0.05) is 30.3 Å². The summed E-state index contributed by atoms with van der Waals surface area (Å²) >= 11 is 0. The maximum Gasteiger partial charge on any atom is 1.00 e. The summed E-state index contributed by atoms with van der Waals surface area (Å²) in [4.78, 5) is 12.2. The van der Waals surface area contributed by atoms with E-state index in [1.165, 1.54) is 5.56 Å². The summed E-state index contributed by atoms with van der Waals surface area (Å²) in [5.41, 5.74) is 1.23. The third kappa shape index (κ3) is 8.00. The second kappa shape index (κ2) is 9.26. The van der Waals surface area contributed by atoms with E-state index in [1.54, 1.807) is 0 Å². The number of hydrogen-bond donors (Lipinski definition) is 0. The number of rotatable bonds is 7. The maximum absolute atomic E-state index is 10.1. The van der Waals surface area contributed by atoms with Crippen molar-refractivity contribution < 1.29 is 33.5 Å². The van der Waals surface area contributed by atoms with Gasteiger partial charge in [0, 0.05) is 13.1 Å². The minimum absolute atomic E-state index is 0. The van der Waals surface area contributed by atoms with Gasteiger partial charge in [0.25, 0.3) is 0 Å². The molecular weight excluding hydrogens is 213 g/mol. The molecule has 17 heavy (non-hydrogen) atoms. The predicted octanol–water partition coefficient (Wildman–Crippen LogP) is -3.11. The second-order valence-electron chi connectivity index (χ2n) is 3.65. The van der Waals surface area contributed by atoms with Crippen LogP contribution in [0.15, 0.2) is 30.3 Å². The van der Waals surface area contributed by atoms with E-state index in [0.717, 1.165) is 6.54 Å². The Hall–Kier alpha value is -0.793. The zero-order chi connectivity index (χ0) is 11.8. The molecule has 0 fully saturated rings. The minimum atomic E-state index is -1.18. The van der Waals surface area contributed by atoms with Crippen molar-refractivity contribution in [1.82, 2.24) is 4.90 Å². The number of carboxylic acids is 1. The fourth-order valence-corrected chi connectivity index (χ4v) is 1.35. The first-order valence-electron chi connectivity index (χ1n) is 5.18. The number of hydrogen-bond acceptors (Lipinski definition) is 4. The monoisotopic (exact) mass is 229 g/mol. The number of carbonyl (C=O) groups is 1. The molecule has 0 aliphatic carbocycles. The van der Waals surface area contributed by atoms with Crippen molar-refractivity contribution in [1.29, 1.82) is 0 Å². The van der Waals surface area contributed by atoms with Crippen molar-refractivity contribution in [2.75, 3.05) is 26.8 Å². The van der Waals surface area contributed by atoms with Crippen LogP contribution in [0.2, 0.25) is 0 Å². The first-order valence-corrected chi connectivity index (χ1v) is 5.18. The normalized spacial score (nSPS) is 10.0. The molecule has 88 valence electrons. The molecule has 0 saturated heterocycles. The Kier molecular flexibility index (Phi) is 8.83. The van der Waals surface area contributed by atoms with E-state index in [2.05, 4.69) is 17.0 Å². The average Bonchev–Trinajstić information content (AvgIpc) is 2.25. The van der Waals surface area contributed by atoms with Gasteiger partial charge in [-0.3, -0.25) is 4.90 Å². The summed E-state index contributed by atoms with van der Waals surface area (Å²) in [5, 5.41) is 10.1. The molecule has 0 spiro atoms. The molecule has 0 N–H and O–H groups in total. The maximum atomic E-state index is 10.1. The SMILES string of the molecule is CN(CCOCC(=O)[O-])Cc1ccccc1.[Li+]. The first kappa shape index (κ1) is 16.2. The summed E-state index contributed by atoms with van der Waals surface area (Å²) < 4.78 is 4.90. The van der Waals surface area contributed by atoms with Crippen LogP contribution in [0.3, 0.4) is 0 Å². The fraction of sp³-hybridized carbons (Fsp3) is 0.417. The third-order valence-electron chi connectivity index (χ3n) is 2.13. The van der Waals surface area contributed by atoms with Gasteiger partial charge in [-0.15, -0.1) is 0 Å². The van der Waals surface area contributed by atoms with Crippen LogP contribution in [-0.2, 0) is 16.1 Å². The van der Waals surface area contributed by atoms with Crippen LogP contribution in [0.4, 0.5) is 0 Å². The summed E-state index contributed by atoms with van der Waals surface area (Å²) in [7, 11) is 1.97. The molecule has 0 aliphatic rings. The van der Waals surface area contributed by atoms with E-state index in [0.29, 0.717) is 13.2 Å². The van der Waals surface area contributed by atoms with Gasteiger partial charge in [0.2, 0.25) is 0 Å². The molecule has 0 unspecified atom stereocenters. The van der Waals surface area contributed by atoms with Gasteiger partial charge in [0.1, 0.15) is 0 Å².